The Hall–Kier alpha value is -1.55. The number of anilines is 1. The van der Waals surface area contributed by atoms with Crippen molar-refractivity contribution in [1.29, 1.82) is 0 Å². The standard InChI is InChI=1S/C13H21N3O/c1-3-16(8-7-15-13(17)10-14)12-6-4-5-11(2)9-12/h4-6,9H,3,7-8,10,14H2,1-2H3,(H,15,17). The average molecular weight is 235 g/mol. The minimum atomic E-state index is -0.106. The molecule has 0 saturated carbocycles. The zero-order valence-corrected chi connectivity index (χ0v) is 10.6. The SMILES string of the molecule is CCN(CCNC(=O)CN)c1cccc(C)c1. The summed E-state index contributed by atoms with van der Waals surface area (Å²) in [5, 5.41) is 2.78. The molecule has 0 aromatic heterocycles. The number of benzene rings is 1. The Morgan fingerprint density at radius 3 is 2.82 bits per heavy atom. The first kappa shape index (κ1) is 13.5. The number of aryl methyl sites for hydroxylation is 1. The molecule has 0 radical (unpaired) electrons. The maximum Gasteiger partial charge on any atom is 0.233 e. The Balaban J connectivity index is 2.51. The molecule has 1 aromatic rings. The molecule has 4 heteroatoms. The predicted octanol–water partition coefficient (Wildman–Crippen LogP) is 0.896. The summed E-state index contributed by atoms with van der Waals surface area (Å²) in [4.78, 5) is 13.2. The van der Waals surface area contributed by atoms with Crippen LogP contribution in [-0.2, 0) is 4.79 Å². The minimum absolute atomic E-state index is 0.0522. The second-order valence-corrected chi connectivity index (χ2v) is 3.97. The van der Waals surface area contributed by atoms with E-state index in [-0.39, 0.29) is 12.5 Å². The molecule has 0 aliphatic rings. The van der Waals surface area contributed by atoms with E-state index >= 15 is 0 Å². The number of likely N-dealkylation sites (N-methyl/N-ethyl adjacent to an activating group) is 1. The van der Waals surface area contributed by atoms with Crippen LogP contribution in [0.25, 0.3) is 0 Å². The van der Waals surface area contributed by atoms with Crippen molar-refractivity contribution in [2.45, 2.75) is 13.8 Å². The summed E-state index contributed by atoms with van der Waals surface area (Å²) in [7, 11) is 0. The van der Waals surface area contributed by atoms with Crippen LogP contribution in [0.3, 0.4) is 0 Å². The van der Waals surface area contributed by atoms with Crippen molar-refractivity contribution in [2.75, 3.05) is 31.1 Å². The van der Waals surface area contributed by atoms with Crippen molar-refractivity contribution in [1.82, 2.24) is 5.32 Å². The molecule has 0 fully saturated rings. The number of nitrogens with zero attached hydrogens (tertiary/aromatic N) is 1. The molecule has 0 aliphatic carbocycles. The highest BCUT2D eigenvalue weighted by molar-refractivity contribution is 5.77. The zero-order valence-electron chi connectivity index (χ0n) is 10.6. The summed E-state index contributed by atoms with van der Waals surface area (Å²) >= 11 is 0. The molecule has 17 heavy (non-hydrogen) atoms. The number of amides is 1. The summed E-state index contributed by atoms with van der Waals surface area (Å²) in [5.41, 5.74) is 7.66. The van der Waals surface area contributed by atoms with Crippen LogP contribution in [0.1, 0.15) is 12.5 Å². The largest absolute Gasteiger partial charge is 0.370 e. The third-order valence-electron chi connectivity index (χ3n) is 2.64. The van der Waals surface area contributed by atoms with Gasteiger partial charge in [-0.1, -0.05) is 12.1 Å². The van der Waals surface area contributed by atoms with E-state index in [4.69, 9.17) is 5.73 Å². The molecule has 0 aliphatic heterocycles. The maximum absolute atomic E-state index is 11.0. The molecule has 94 valence electrons. The van der Waals surface area contributed by atoms with E-state index in [0.29, 0.717) is 6.54 Å². The lowest BCUT2D eigenvalue weighted by atomic mass is 10.2. The third kappa shape index (κ3) is 4.44. The molecular formula is C13H21N3O. The van der Waals surface area contributed by atoms with Gasteiger partial charge in [-0.2, -0.15) is 0 Å². The van der Waals surface area contributed by atoms with Gasteiger partial charge in [0.05, 0.1) is 6.54 Å². The van der Waals surface area contributed by atoms with Crippen LogP contribution < -0.4 is 16.0 Å². The van der Waals surface area contributed by atoms with Gasteiger partial charge in [-0.3, -0.25) is 4.79 Å². The molecule has 0 saturated heterocycles. The third-order valence-corrected chi connectivity index (χ3v) is 2.64. The number of rotatable bonds is 6. The lowest BCUT2D eigenvalue weighted by molar-refractivity contribution is -0.119. The lowest BCUT2D eigenvalue weighted by Crippen LogP contribution is -2.37. The predicted molar refractivity (Wildman–Crippen MR) is 71.1 cm³/mol. The van der Waals surface area contributed by atoms with Crippen molar-refractivity contribution in [3.05, 3.63) is 29.8 Å². The first-order valence-corrected chi connectivity index (χ1v) is 5.95. The molecule has 0 heterocycles. The van der Waals surface area contributed by atoms with Crippen LogP contribution >= 0.6 is 0 Å². The number of carbonyl (C=O) groups is 1. The van der Waals surface area contributed by atoms with Gasteiger partial charge in [0.1, 0.15) is 0 Å². The number of hydrogen-bond acceptors (Lipinski definition) is 3. The van der Waals surface area contributed by atoms with Crippen molar-refractivity contribution in [2.24, 2.45) is 5.73 Å². The van der Waals surface area contributed by atoms with E-state index in [0.717, 1.165) is 13.1 Å². The number of hydrogen-bond donors (Lipinski definition) is 2. The van der Waals surface area contributed by atoms with E-state index < -0.39 is 0 Å². The fraction of sp³-hybridized carbons (Fsp3) is 0.462. The molecule has 0 atom stereocenters. The fourth-order valence-corrected chi connectivity index (χ4v) is 1.70. The van der Waals surface area contributed by atoms with Crippen LogP contribution in [0.5, 0.6) is 0 Å². The Morgan fingerprint density at radius 2 is 2.24 bits per heavy atom. The molecule has 4 nitrogen and oxygen atoms in total. The van der Waals surface area contributed by atoms with E-state index in [9.17, 15) is 4.79 Å². The first-order valence-electron chi connectivity index (χ1n) is 5.95. The quantitative estimate of drug-likeness (QED) is 0.770. The first-order chi connectivity index (χ1) is 8.17. The Labute approximate surface area is 103 Å². The summed E-state index contributed by atoms with van der Waals surface area (Å²) in [6.45, 7) is 6.57. The summed E-state index contributed by atoms with van der Waals surface area (Å²) in [6.07, 6.45) is 0. The summed E-state index contributed by atoms with van der Waals surface area (Å²) in [6, 6.07) is 8.36. The molecule has 1 aromatic carbocycles. The van der Waals surface area contributed by atoms with E-state index in [1.165, 1.54) is 11.3 Å². The lowest BCUT2D eigenvalue weighted by Gasteiger charge is -2.23. The minimum Gasteiger partial charge on any atom is -0.370 e. The van der Waals surface area contributed by atoms with Gasteiger partial charge in [0, 0.05) is 25.3 Å². The highest BCUT2D eigenvalue weighted by atomic mass is 16.1. The van der Waals surface area contributed by atoms with Gasteiger partial charge in [-0.05, 0) is 31.5 Å². The fourth-order valence-electron chi connectivity index (χ4n) is 1.70. The van der Waals surface area contributed by atoms with Crippen molar-refractivity contribution in [3.63, 3.8) is 0 Å². The van der Waals surface area contributed by atoms with E-state index in [1.807, 2.05) is 6.07 Å². The van der Waals surface area contributed by atoms with Crippen LogP contribution in [0.4, 0.5) is 5.69 Å². The van der Waals surface area contributed by atoms with Gasteiger partial charge in [0.15, 0.2) is 0 Å². The Morgan fingerprint density at radius 1 is 1.47 bits per heavy atom. The van der Waals surface area contributed by atoms with Crippen molar-refractivity contribution >= 4 is 11.6 Å². The summed E-state index contributed by atoms with van der Waals surface area (Å²) < 4.78 is 0. The van der Waals surface area contributed by atoms with Gasteiger partial charge in [0.2, 0.25) is 5.91 Å². The highest BCUT2D eigenvalue weighted by Crippen LogP contribution is 2.14. The van der Waals surface area contributed by atoms with Gasteiger partial charge in [0.25, 0.3) is 0 Å². The van der Waals surface area contributed by atoms with Crippen LogP contribution in [0.2, 0.25) is 0 Å². The van der Waals surface area contributed by atoms with E-state index in [1.54, 1.807) is 0 Å². The topological polar surface area (TPSA) is 58.4 Å². The van der Waals surface area contributed by atoms with Gasteiger partial charge < -0.3 is 16.0 Å². The summed E-state index contributed by atoms with van der Waals surface area (Å²) in [5.74, 6) is -0.106. The van der Waals surface area contributed by atoms with Crippen molar-refractivity contribution in [3.8, 4) is 0 Å². The van der Waals surface area contributed by atoms with Gasteiger partial charge in [-0.25, -0.2) is 0 Å². The number of nitrogens with one attached hydrogen (secondary N) is 1. The molecule has 0 unspecified atom stereocenters. The monoisotopic (exact) mass is 235 g/mol. The second kappa shape index (κ2) is 6.91. The molecule has 0 spiro atoms. The normalized spacial score (nSPS) is 10.1. The number of carbonyl (C=O) groups excluding carboxylic acids is 1. The van der Waals surface area contributed by atoms with Crippen LogP contribution in [0.15, 0.2) is 24.3 Å². The molecular weight excluding hydrogens is 214 g/mol. The maximum atomic E-state index is 11.0. The van der Waals surface area contributed by atoms with Gasteiger partial charge >= 0.3 is 0 Å². The van der Waals surface area contributed by atoms with Crippen LogP contribution in [-0.4, -0.2) is 32.1 Å². The molecule has 3 N–H and O–H groups in total. The second-order valence-electron chi connectivity index (χ2n) is 3.97. The average Bonchev–Trinajstić information content (AvgIpc) is 2.34. The molecule has 1 amide bonds. The Bertz CT molecular complexity index is 365. The van der Waals surface area contributed by atoms with Crippen LogP contribution in [0, 0.1) is 6.92 Å². The molecule has 0 bridgehead atoms. The highest BCUT2D eigenvalue weighted by Gasteiger charge is 2.04. The smallest absolute Gasteiger partial charge is 0.233 e. The number of nitrogens with two attached hydrogens (primary N) is 1. The Kier molecular flexibility index (Phi) is 5.49. The van der Waals surface area contributed by atoms with E-state index in [2.05, 4.69) is 42.3 Å². The zero-order chi connectivity index (χ0) is 12.7. The van der Waals surface area contributed by atoms with Gasteiger partial charge in [-0.15, -0.1) is 0 Å². The van der Waals surface area contributed by atoms with Crippen molar-refractivity contribution < 1.29 is 4.79 Å². The molecule has 1 rings (SSSR count).